The molecule has 6 aromatic rings. The van der Waals surface area contributed by atoms with Crippen molar-refractivity contribution in [2.75, 3.05) is 5.32 Å². The minimum absolute atomic E-state index is 0.255. The minimum Gasteiger partial charge on any atom is -0.456 e. The Bertz CT molecular complexity index is 2070. The lowest BCUT2D eigenvalue weighted by Gasteiger charge is -2.37. The Balaban J connectivity index is 1.45. The summed E-state index contributed by atoms with van der Waals surface area (Å²) in [5.74, 6) is -0.255. The van der Waals surface area contributed by atoms with Gasteiger partial charge in [0.05, 0.1) is 23.9 Å². The van der Waals surface area contributed by atoms with Crippen molar-refractivity contribution in [3.05, 3.63) is 155 Å². The van der Waals surface area contributed by atoms with Crippen LogP contribution < -0.4 is 10.6 Å². The van der Waals surface area contributed by atoms with Gasteiger partial charge in [-0.2, -0.15) is 0 Å². The van der Waals surface area contributed by atoms with Gasteiger partial charge in [0.2, 0.25) is 0 Å². The van der Waals surface area contributed by atoms with Gasteiger partial charge < -0.3 is 15.1 Å². The molecule has 1 aliphatic rings. The molecular weight excluding hydrogens is 570 g/mol. The number of carbonyl (C=O) groups is 2. The van der Waals surface area contributed by atoms with Crippen LogP contribution in [0.25, 0.3) is 27.6 Å². The highest BCUT2D eigenvalue weighted by molar-refractivity contribution is 6.13. The van der Waals surface area contributed by atoms with E-state index in [1.807, 2.05) is 109 Å². The van der Waals surface area contributed by atoms with Crippen molar-refractivity contribution in [1.29, 1.82) is 0 Å². The number of nitrogens with one attached hydrogen (secondary N) is 2. The summed E-state index contributed by atoms with van der Waals surface area (Å²) < 4.78 is 6.11. The lowest BCUT2D eigenvalue weighted by Crippen LogP contribution is -2.48. The molecule has 0 radical (unpaired) electrons. The van der Waals surface area contributed by atoms with Crippen LogP contribution in [0.15, 0.2) is 131 Å². The molecular formula is C40H35N3O3. The first-order valence-electron chi connectivity index (χ1n) is 15.8. The Labute approximate surface area is 268 Å². The smallest absolute Gasteiger partial charge is 0.322 e. The van der Waals surface area contributed by atoms with Gasteiger partial charge in [0.1, 0.15) is 11.2 Å². The number of benzene rings is 5. The standard InChI is InChI=1S/C40H35N3O3/c1-3-27-18-13-19-28(4-2)36(27)41-39(44)35-37(30-22-23-34-32(24-30)31-20-11-12-21-33(31)46-34)42-40(45)43(25-26-14-7-5-8-15-26)38(35)29-16-9-6-10-17-29/h5-24,37H,3-4,25H2,1-2H3,(H,41,44)(H,42,45). The van der Waals surface area contributed by atoms with Crippen molar-refractivity contribution in [3.8, 4) is 0 Å². The number of fused-ring (bicyclic) bond motifs is 3. The average Bonchev–Trinajstić information content (AvgIpc) is 3.47. The number of amides is 3. The average molecular weight is 606 g/mol. The number of hydrogen-bond donors (Lipinski definition) is 2. The van der Waals surface area contributed by atoms with Gasteiger partial charge in [-0.25, -0.2) is 4.79 Å². The lowest BCUT2D eigenvalue weighted by molar-refractivity contribution is -0.113. The summed E-state index contributed by atoms with van der Waals surface area (Å²) in [7, 11) is 0. The van der Waals surface area contributed by atoms with Gasteiger partial charge in [0, 0.05) is 16.5 Å². The maximum Gasteiger partial charge on any atom is 0.322 e. The second kappa shape index (κ2) is 12.4. The molecule has 228 valence electrons. The van der Waals surface area contributed by atoms with E-state index >= 15 is 0 Å². The Morgan fingerprint density at radius 3 is 2.13 bits per heavy atom. The van der Waals surface area contributed by atoms with Gasteiger partial charge in [0.15, 0.2) is 0 Å². The number of furan rings is 1. The van der Waals surface area contributed by atoms with Gasteiger partial charge in [-0.05, 0) is 58.9 Å². The predicted molar refractivity (Wildman–Crippen MR) is 184 cm³/mol. The first-order valence-corrected chi connectivity index (χ1v) is 15.8. The number of nitrogens with zero attached hydrogens (tertiary/aromatic N) is 1. The second-order valence-electron chi connectivity index (χ2n) is 11.5. The first-order chi connectivity index (χ1) is 22.6. The van der Waals surface area contributed by atoms with E-state index in [4.69, 9.17) is 4.42 Å². The number of hydrogen-bond acceptors (Lipinski definition) is 3. The SMILES string of the molecule is CCc1cccc(CC)c1NC(=O)C1=C(c2ccccc2)N(Cc2ccccc2)C(=O)NC1c1ccc2oc3ccccc3c2c1. The minimum atomic E-state index is -0.716. The van der Waals surface area contributed by atoms with Crippen LogP contribution in [0.5, 0.6) is 0 Å². The molecule has 2 N–H and O–H groups in total. The maximum absolute atomic E-state index is 14.8. The number of urea groups is 1. The molecule has 1 aromatic heterocycles. The van der Waals surface area contributed by atoms with Crippen molar-refractivity contribution in [2.24, 2.45) is 0 Å². The molecule has 46 heavy (non-hydrogen) atoms. The van der Waals surface area contributed by atoms with E-state index in [2.05, 4.69) is 36.6 Å². The second-order valence-corrected chi connectivity index (χ2v) is 11.5. The summed E-state index contributed by atoms with van der Waals surface area (Å²) >= 11 is 0. The number of para-hydroxylation sites is 2. The fraction of sp³-hybridized carbons (Fsp3) is 0.150. The molecule has 7 rings (SSSR count). The molecule has 0 spiro atoms. The zero-order valence-corrected chi connectivity index (χ0v) is 25.9. The van der Waals surface area contributed by atoms with Crippen LogP contribution in [0.4, 0.5) is 10.5 Å². The van der Waals surface area contributed by atoms with Gasteiger partial charge in [-0.1, -0.05) is 117 Å². The highest BCUT2D eigenvalue weighted by Crippen LogP contribution is 2.40. The first kappa shape index (κ1) is 29.1. The van der Waals surface area contributed by atoms with Crippen LogP contribution in [-0.2, 0) is 24.2 Å². The van der Waals surface area contributed by atoms with Gasteiger partial charge in [-0.3, -0.25) is 9.69 Å². The Kier molecular flexibility index (Phi) is 7.85. The number of carbonyl (C=O) groups excluding carboxylic acids is 2. The van der Waals surface area contributed by atoms with Crippen LogP contribution in [0, 0.1) is 0 Å². The molecule has 0 saturated heterocycles. The summed E-state index contributed by atoms with van der Waals surface area (Å²) in [4.78, 5) is 30.7. The Morgan fingerprint density at radius 1 is 0.761 bits per heavy atom. The molecule has 3 amide bonds. The van der Waals surface area contributed by atoms with Gasteiger partial charge in [-0.15, -0.1) is 0 Å². The molecule has 6 nitrogen and oxygen atoms in total. The fourth-order valence-electron chi connectivity index (χ4n) is 6.48. The predicted octanol–water partition coefficient (Wildman–Crippen LogP) is 9.03. The van der Waals surface area contributed by atoms with Crippen molar-refractivity contribution >= 4 is 45.3 Å². The highest BCUT2D eigenvalue weighted by atomic mass is 16.3. The number of anilines is 1. The molecule has 0 fully saturated rings. The topological polar surface area (TPSA) is 74.6 Å². The monoisotopic (exact) mass is 605 g/mol. The normalized spacial score (nSPS) is 15.0. The van der Waals surface area contributed by atoms with Crippen molar-refractivity contribution in [1.82, 2.24) is 10.2 Å². The van der Waals surface area contributed by atoms with E-state index in [9.17, 15) is 9.59 Å². The summed E-state index contributed by atoms with van der Waals surface area (Å²) in [5.41, 5.74) is 8.11. The van der Waals surface area contributed by atoms with Crippen LogP contribution in [0.3, 0.4) is 0 Å². The maximum atomic E-state index is 14.8. The van der Waals surface area contributed by atoms with E-state index in [1.54, 1.807) is 4.90 Å². The lowest BCUT2D eigenvalue weighted by atomic mass is 9.90. The van der Waals surface area contributed by atoms with Crippen LogP contribution in [0.2, 0.25) is 0 Å². The molecule has 6 heteroatoms. The van der Waals surface area contributed by atoms with Crippen LogP contribution in [-0.4, -0.2) is 16.8 Å². The summed E-state index contributed by atoms with van der Waals surface area (Å²) in [6.07, 6.45) is 1.55. The zero-order chi connectivity index (χ0) is 31.6. The van der Waals surface area contributed by atoms with Crippen molar-refractivity contribution in [3.63, 3.8) is 0 Å². The van der Waals surface area contributed by atoms with Crippen molar-refractivity contribution < 1.29 is 14.0 Å². The third-order valence-electron chi connectivity index (χ3n) is 8.77. The largest absolute Gasteiger partial charge is 0.456 e. The summed E-state index contributed by atoms with van der Waals surface area (Å²) in [6, 6.07) is 38.5. The summed E-state index contributed by atoms with van der Waals surface area (Å²) in [6.45, 7) is 4.49. The van der Waals surface area contributed by atoms with E-state index in [1.165, 1.54) is 0 Å². The Hall–Kier alpha value is -5.62. The number of aryl methyl sites for hydroxylation is 2. The molecule has 0 bridgehead atoms. The van der Waals surface area contributed by atoms with E-state index < -0.39 is 6.04 Å². The number of rotatable bonds is 8. The molecule has 0 saturated carbocycles. The highest BCUT2D eigenvalue weighted by Gasteiger charge is 2.38. The molecule has 1 unspecified atom stereocenters. The van der Waals surface area contributed by atoms with Crippen LogP contribution in [0.1, 0.15) is 47.7 Å². The summed E-state index contributed by atoms with van der Waals surface area (Å²) in [5, 5.41) is 8.45. The van der Waals surface area contributed by atoms with Gasteiger partial charge in [0.25, 0.3) is 5.91 Å². The molecule has 2 heterocycles. The quantitative estimate of drug-likeness (QED) is 0.182. The zero-order valence-electron chi connectivity index (χ0n) is 25.9. The van der Waals surface area contributed by atoms with E-state index in [0.29, 0.717) is 17.8 Å². The van der Waals surface area contributed by atoms with Crippen LogP contribution >= 0.6 is 0 Å². The molecule has 0 aliphatic carbocycles. The third-order valence-corrected chi connectivity index (χ3v) is 8.77. The molecule has 5 aromatic carbocycles. The van der Waals surface area contributed by atoms with Gasteiger partial charge >= 0.3 is 6.03 Å². The van der Waals surface area contributed by atoms with E-state index in [0.717, 1.165) is 68.3 Å². The fourth-order valence-corrected chi connectivity index (χ4v) is 6.48. The molecule has 1 aliphatic heterocycles. The van der Waals surface area contributed by atoms with Crippen molar-refractivity contribution in [2.45, 2.75) is 39.3 Å². The molecule has 1 atom stereocenters. The third kappa shape index (κ3) is 5.32. The van der Waals surface area contributed by atoms with E-state index in [-0.39, 0.29) is 11.9 Å². The Morgan fingerprint density at radius 2 is 1.41 bits per heavy atom.